The second-order valence-corrected chi connectivity index (χ2v) is 31.3. The zero-order chi connectivity index (χ0) is 31.9. The Morgan fingerprint density at radius 1 is 0.778 bits per heavy atom. The molecule has 0 aliphatic heterocycles. The molecule has 3 aromatic carbocycles. The van der Waals surface area contributed by atoms with Gasteiger partial charge in [0.25, 0.3) is 0 Å². The number of aryl methyl sites for hydroxylation is 1. The van der Waals surface area contributed by atoms with Gasteiger partial charge in [-0.2, -0.15) is 0 Å². The number of halogens is 2. The van der Waals surface area contributed by atoms with E-state index in [1.807, 2.05) is 0 Å². The molecule has 0 fully saturated rings. The van der Waals surface area contributed by atoms with Gasteiger partial charge in [-0.3, -0.25) is 0 Å². The van der Waals surface area contributed by atoms with Crippen molar-refractivity contribution in [2.24, 2.45) is 11.3 Å². The summed E-state index contributed by atoms with van der Waals surface area (Å²) in [4.78, 5) is 0. The summed E-state index contributed by atoms with van der Waals surface area (Å²) in [6, 6.07) is 19.1. The topological polar surface area (TPSA) is 0 Å². The molecule has 0 heterocycles. The van der Waals surface area contributed by atoms with E-state index in [1.165, 1.54) is 47.8 Å². The molecule has 0 radical (unpaired) electrons. The molecule has 0 nitrogen and oxygen atoms in total. The summed E-state index contributed by atoms with van der Waals surface area (Å²) < 4.78 is 13.0. The Morgan fingerprint density at radius 2 is 1.33 bits per heavy atom. The Bertz CT molecular complexity index is 1750. The molecule has 3 heteroatoms. The maximum atomic E-state index is 5.65. The van der Waals surface area contributed by atoms with Gasteiger partial charge in [-0.15, -0.1) is 24.8 Å². The van der Waals surface area contributed by atoms with Crippen LogP contribution in [0, 0.1) is 25.2 Å². The molecular weight excluding hydrogens is 667 g/mol. The van der Waals surface area contributed by atoms with Crippen LogP contribution in [0.3, 0.4) is 0 Å². The average molecular weight is 725 g/mol. The van der Waals surface area contributed by atoms with Crippen LogP contribution in [0.5, 0.6) is 0 Å². The van der Waals surface area contributed by atoms with Crippen LogP contribution in [0.4, 0.5) is 0 Å². The van der Waals surface area contributed by atoms with E-state index in [4.69, 9.17) is 4.21 Å². The minimum absolute atomic E-state index is 0. The van der Waals surface area contributed by atoms with Crippen molar-refractivity contribution in [2.45, 2.75) is 111 Å². The Hall–Kier alpha value is -1.53. The first-order valence-electron chi connectivity index (χ1n) is 16.6. The van der Waals surface area contributed by atoms with Crippen molar-refractivity contribution in [1.29, 1.82) is 0 Å². The van der Waals surface area contributed by atoms with E-state index < -0.39 is 18.3 Å². The van der Waals surface area contributed by atoms with Gasteiger partial charge in [0.15, 0.2) is 0 Å². The number of fused-ring (bicyclic) bond motifs is 3. The van der Waals surface area contributed by atoms with Crippen molar-refractivity contribution >= 4 is 35.6 Å². The van der Waals surface area contributed by atoms with Crippen molar-refractivity contribution in [2.75, 3.05) is 0 Å². The molecular formula is C42H58Cl2Zr. The number of benzene rings is 3. The molecule has 0 N–H and O–H groups in total. The first-order chi connectivity index (χ1) is 19.7. The Labute approximate surface area is 288 Å². The fraction of sp³-hybridized carbons (Fsp3) is 0.452. The second kappa shape index (κ2) is 12.2. The van der Waals surface area contributed by atoms with Crippen molar-refractivity contribution in [3.8, 4) is 11.1 Å². The maximum absolute atomic E-state index is 5.65. The molecule has 0 amide bonds. The standard InChI is InChI=1S/C23H29.C11H17.C6H5.CH3.CH2.2ClH.Zr/c1-14-9-16-11-17-10-15(2)21(23(6,7)8)13-19(17)18(16)12-20(14)22(3,4)5;1-5-9-6-7-10(8-9)11(2,3)4;1-2-4-6-5-3-1;;;;;/h9,12-13H,11H2,1-8H3;7-9H,5H2,1-4H3;1-5H;1H3;1H2;2*1H;. The summed E-state index contributed by atoms with van der Waals surface area (Å²) in [6.45, 7) is 28.4. The van der Waals surface area contributed by atoms with Crippen LogP contribution >= 0.6 is 24.8 Å². The molecule has 0 saturated heterocycles. The van der Waals surface area contributed by atoms with Crippen LogP contribution in [0.15, 0.2) is 69.5 Å². The number of allylic oxidation sites excluding steroid dienone is 4. The molecule has 5 rings (SSSR count). The van der Waals surface area contributed by atoms with Crippen molar-refractivity contribution in [3.63, 3.8) is 0 Å². The van der Waals surface area contributed by atoms with E-state index in [0.717, 1.165) is 12.8 Å². The van der Waals surface area contributed by atoms with Crippen LogP contribution < -0.4 is 6.54 Å². The molecule has 2 aliphatic carbocycles. The monoisotopic (exact) mass is 722 g/mol. The predicted octanol–water partition coefficient (Wildman–Crippen LogP) is 11.3. The van der Waals surface area contributed by atoms with Gasteiger partial charge in [0, 0.05) is 0 Å². The molecule has 1 atom stereocenters. The third-order valence-electron chi connectivity index (χ3n) is 10.8. The first kappa shape index (κ1) is 37.9. The van der Waals surface area contributed by atoms with E-state index in [0.29, 0.717) is 5.92 Å². The van der Waals surface area contributed by atoms with Crippen LogP contribution in [-0.2, 0) is 35.5 Å². The number of hydrogen-bond donors (Lipinski definition) is 0. The Kier molecular flexibility index (Phi) is 10.3. The third kappa shape index (κ3) is 6.14. The molecule has 1 unspecified atom stereocenters. The van der Waals surface area contributed by atoms with Gasteiger partial charge >= 0.3 is 266 Å². The summed E-state index contributed by atoms with van der Waals surface area (Å²) in [5.41, 5.74) is 13.5. The van der Waals surface area contributed by atoms with Crippen LogP contribution in [0.25, 0.3) is 11.1 Å². The molecule has 0 saturated carbocycles. The van der Waals surface area contributed by atoms with Crippen molar-refractivity contribution in [3.05, 3.63) is 103 Å². The molecule has 0 spiro atoms. The average Bonchev–Trinajstić information content (AvgIpc) is 3.49. The summed E-state index contributed by atoms with van der Waals surface area (Å²) in [5.74, 6) is 0.425. The molecule has 0 bridgehead atoms. The zero-order valence-corrected chi connectivity index (χ0v) is 34.4. The summed E-state index contributed by atoms with van der Waals surface area (Å²) in [7, 11) is 0. The van der Waals surface area contributed by atoms with Crippen LogP contribution in [-0.4, -0.2) is 4.21 Å². The normalized spacial score (nSPS) is 16.7. The summed E-state index contributed by atoms with van der Waals surface area (Å²) in [5, 5.41) is 0. The predicted molar refractivity (Wildman–Crippen MR) is 204 cm³/mol. The Morgan fingerprint density at radius 3 is 1.84 bits per heavy atom. The van der Waals surface area contributed by atoms with Crippen LogP contribution in [0.2, 0.25) is 4.63 Å². The van der Waals surface area contributed by atoms with Gasteiger partial charge in [0.05, 0.1) is 0 Å². The zero-order valence-electron chi connectivity index (χ0n) is 30.3. The van der Waals surface area contributed by atoms with E-state index in [-0.39, 0.29) is 41.1 Å². The minimum atomic E-state index is -4.45. The molecule has 2 aliphatic rings. The van der Waals surface area contributed by atoms with Gasteiger partial charge in [-0.25, -0.2) is 0 Å². The summed E-state index contributed by atoms with van der Waals surface area (Å²) in [6.07, 6.45) is 7.33. The van der Waals surface area contributed by atoms with Gasteiger partial charge in [-0.05, 0) is 0 Å². The van der Waals surface area contributed by atoms with E-state index in [2.05, 4.69) is 148 Å². The van der Waals surface area contributed by atoms with Crippen molar-refractivity contribution < 1.29 is 18.3 Å². The quantitative estimate of drug-likeness (QED) is 0.197. The van der Waals surface area contributed by atoms with Crippen LogP contribution in [0.1, 0.15) is 109 Å². The molecule has 244 valence electrons. The first-order valence-corrected chi connectivity index (χ1v) is 24.4. The second-order valence-electron chi connectivity index (χ2n) is 17.3. The van der Waals surface area contributed by atoms with Gasteiger partial charge in [-0.1, -0.05) is 0 Å². The number of rotatable bonds is 4. The van der Waals surface area contributed by atoms with E-state index in [1.54, 1.807) is 12.1 Å². The van der Waals surface area contributed by atoms with E-state index in [9.17, 15) is 0 Å². The van der Waals surface area contributed by atoms with Gasteiger partial charge < -0.3 is 0 Å². The fourth-order valence-corrected chi connectivity index (χ4v) is 23.4. The van der Waals surface area contributed by atoms with Gasteiger partial charge in [0.2, 0.25) is 0 Å². The molecule has 0 aromatic heterocycles. The number of hydrogen-bond acceptors (Lipinski definition) is 0. The Balaban J connectivity index is 0.00000276. The van der Waals surface area contributed by atoms with E-state index >= 15 is 0 Å². The van der Waals surface area contributed by atoms with Crippen molar-refractivity contribution in [1.82, 2.24) is 0 Å². The third-order valence-corrected chi connectivity index (χ3v) is 25.6. The molecule has 45 heavy (non-hydrogen) atoms. The SMILES string of the molecule is Cl.Cl.[CH2]=[Zr]([CH3])([C]1=CC(C(C)(C)C)=CC1CC)([c]1ccccc1)[c]1c(C)c(C(C)(C)C)cc2c1Cc1cc(C)c(C(C)(C)C)cc1-2. The fourth-order valence-electron chi connectivity index (χ4n) is 8.59. The summed E-state index contributed by atoms with van der Waals surface area (Å²) >= 11 is -4.45. The van der Waals surface area contributed by atoms with Gasteiger partial charge in [0.1, 0.15) is 0 Å². The molecule has 3 aromatic rings.